The van der Waals surface area contributed by atoms with E-state index < -0.39 is 0 Å². The molecular weight excluding hydrogens is 324 g/mol. The number of nitrogens with zero attached hydrogens (tertiary/aromatic N) is 3. The summed E-state index contributed by atoms with van der Waals surface area (Å²) >= 11 is 1.48. The van der Waals surface area contributed by atoms with Crippen LogP contribution < -0.4 is 15.1 Å². The fourth-order valence-corrected chi connectivity index (χ4v) is 3.23. The molecule has 0 fully saturated rings. The van der Waals surface area contributed by atoms with Gasteiger partial charge in [-0.3, -0.25) is 9.69 Å². The van der Waals surface area contributed by atoms with E-state index in [1.54, 1.807) is 11.8 Å². The maximum Gasteiger partial charge on any atom is 0.225 e. The van der Waals surface area contributed by atoms with Gasteiger partial charge in [-0.25, -0.2) is 4.98 Å². The number of carbonyl (C=O) groups is 1. The van der Waals surface area contributed by atoms with Crippen LogP contribution in [0.25, 0.3) is 0 Å². The van der Waals surface area contributed by atoms with Crippen LogP contribution in [-0.4, -0.2) is 42.7 Å². The fourth-order valence-electron chi connectivity index (χ4n) is 2.30. The van der Waals surface area contributed by atoms with Gasteiger partial charge < -0.3 is 15.3 Å². The van der Waals surface area contributed by atoms with E-state index in [2.05, 4.69) is 10.3 Å². The number of amides is 1. The van der Waals surface area contributed by atoms with Gasteiger partial charge in [0.25, 0.3) is 0 Å². The highest BCUT2D eigenvalue weighted by molar-refractivity contribution is 7.14. The van der Waals surface area contributed by atoms with E-state index in [0.717, 1.165) is 22.2 Å². The van der Waals surface area contributed by atoms with E-state index in [-0.39, 0.29) is 12.5 Å². The lowest BCUT2D eigenvalue weighted by atomic mass is 10.2. The summed E-state index contributed by atoms with van der Waals surface area (Å²) in [5.74, 6) is 0.00828. The van der Waals surface area contributed by atoms with Crippen molar-refractivity contribution in [3.8, 4) is 0 Å². The smallest absolute Gasteiger partial charge is 0.225 e. The van der Waals surface area contributed by atoms with Crippen LogP contribution in [0.3, 0.4) is 0 Å². The number of rotatable bonds is 8. The highest BCUT2D eigenvalue weighted by atomic mass is 32.1. The number of nitrogens with one attached hydrogen (secondary N) is 1. The summed E-state index contributed by atoms with van der Waals surface area (Å²) in [6.07, 6.45) is 0. The summed E-state index contributed by atoms with van der Waals surface area (Å²) < 4.78 is 0. The number of aromatic nitrogens is 1. The molecular formula is C17H24N4O2S. The summed E-state index contributed by atoms with van der Waals surface area (Å²) in [6.45, 7) is 5.47. The minimum absolute atomic E-state index is 0.00828. The largest absolute Gasteiger partial charge is 0.395 e. The number of hydrogen-bond acceptors (Lipinski definition) is 6. The number of anilines is 3. The van der Waals surface area contributed by atoms with Gasteiger partial charge in [-0.1, -0.05) is 0 Å². The number of aliphatic hydroxyl groups excluding tert-OH is 1. The van der Waals surface area contributed by atoms with Gasteiger partial charge in [0.2, 0.25) is 5.91 Å². The van der Waals surface area contributed by atoms with Crippen LogP contribution in [0.5, 0.6) is 0 Å². The highest BCUT2D eigenvalue weighted by Gasteiger charge is 2.13. The van der Waals surface area contributed by atoms with Crippen LogP contribution in [0.2, 0.25) is 0 Å². The lowest BCUT2D eigenvalue weighted by Gasteiger charge is -2.18. The molecule has 6 nitrogen and oxygen atoms in total. The molecule has 1 aromatic carbocycles. The molecule has 0 saturated carbocycles. The molecule has 1 amide bonds. The zero-order valence-corrected chi connectivity index (χ0v) is 15.1. The van der Waals surface area contributed by atoms with Crippen LogP contribution in [-0.2, 0) is 11.3 Å². The van der Waals surface area contributed by atoms with E-state index in [9.17, 15) is 4.79 Å². The monoisotopic (exact) mass is 348 g/mol. The van der Waals surface area contributed by atoms with E-state index >= 15 is 0 Å². The molecule has 0 atom stereocenters. The van der Waals surface area contributed by atoms with Crippen LogP contribution in [0.4, 0.5) is 16.5 Å². The number of aliphatic hydroxyl groups is 1. The van der Waals surface area contributed by atoms with Crippen LogP contribution in [0.15, 0.2) is 29.6 Å². The van der Waals surface area contributed by atoms with Crippen molar-refractivity contribution in [2.45, 2.75) is 20.4 Å². The molecule has 0 unspecified atom stereocenters. The Kier molecular flexibility index (Phi) is 6.57. The van der Waals surface area contributed by atoms with Crippen LogP contribution >= 0.6 is 11.3 Å². The van der Waals surface area contributed by atoms with Crippen molar-refractivity contribution in [3.05, 3.63) is 35.3 Å². The minimum Gasteiger partial charge on any atom is -0.395 e. The summed E-state index contributed by atoms with van der Waals surface area (Å²) in [5, 5.41) is 15.0. The first-order valence-corrected chi connectivity index (χ1v) is 8.81. The maximum absolute atomic E-state index is 11.6. The summed E-state index contributed by atoms with van der Waals surface area (Å²) in [6, 6.07) is 8.03. The van der Waals surface area contributed by atoms with Crippen molar-refractivity contribution in [3.63, 3.8) is 0 Å². The van der Waals surface area contributed by atoms with Crippen molar-refractivity contribution < 1.29 is 9.90 Å². The molecule has 7 heteroatoms. The molecule has 0 aliphatic heterocycles. The number of benzene rings is 1. The standard InChI is InChI=1S/C17H24N4O2S/c1-4-21(13(2)23)17-19-15(12-24-17)11-18-14-5-7-16(8-6-14)20(3)9-10-22/h5-8,12,18,22H,4,9-11H2,1-3H3. The molecule has 0 radical (unpaired) electrons. The van der Waals surface area contributed by atoms with Crippen molar-refractivity contribution >= 4 is 33.8 Å². The first-order chi connectivity index (χ1) is 11.5. The number of hydrogen-bond donors (Lipinski definition) is 2. The second-order valence-corrected chi connectivity index (χ2v) is 6.27. The normalized spacial score (nSPS) is 10.5. The van der Waals surface area contributed by atoms with Crippen molar-refractivity contribution in [2.75, 3.05) is 41.9 Å². The third-order valence-electron chi connectivity index (χ3n) is 3.68. The third-order valence-corrected chi connectivity index (χ3v) is 4.60. The van der Waals surface area contributed by atoms with Gasteiger partial charge >= 0.3 is 0 Å². The van der Waals surface area contributed by atoms with E-state index in [1.807, 2.05) is 48.5 Å². The lowest BCUT2D eigenvalue weighted by Crippen LogP contribution is -2.27. The fraction of sp³-hybridized carbons (Fsp3) is 0.412. The Morgan fingerprint density at radius 3 is 2.62 bits per heavy atom. The Hall–Kier alpha value is -2.12. The number of likely N-dealkylation sites (N-methyl/N-ethyl adjacent to an activating group) is 1. The predicted octanol–water partition coefficient (Wildman–Crippen LogP) is 2.56. The third kappa shape index (κ3) is 4.69. The second kappa shape index (κ2) is 8.65. The summed E-state index contributed by atoms with van der Waals surface area (Å²) in [5.41, 5.74) is 2.98. The zero-order valence-electron chi connectivity index (χ0n) is 14.3. The average molecular weight is 348 g/mol. The molecule has 2 N–H and O–H groups in total. The van der Waals surface area contributed by atoms with Gasteiger partial charge in [-0.2, -0.15) is 0 Å². The number of carbonyl (C=O) groups excluding carboxylic acids is 1. The van der Waals surface area contributed by atoms with Crippen LogP contribution in [0.1, 0.15) is 19.5 Å². The summed E-state index contributed by atoms with van der Waals surface area (Å²) in [7, 11) is 1.95. The number of thiazole rings is 1. The first kappa shape index (κ1) is 18.2. The Morgan fingerprint density at radius 2 is 2.04 bits per heavy atom. The molecule has 2 rings (SSSR count). The van der Waals surface area contributed by atoms with Gasteiger partial charge in [0, 0.05) is 43.8 Å². The van der Waals surface area contributed by atoms with E-state index in [0.29, 0.717) is 19.6 Å². The molecule has 0 aliphatic carbocycles. The molecule has 24 heavy (non-hydrogen) atoms. The van der Waals surface area contributed by atoms with Gasteiger partial charge in [0.05, 0.1) is 18.8 Å². The van der Waals surface area contributed by atoms with Gasteiger partial charge in [-0.05, 0) is 31.2 Å². The summed E-state index contributed by atoms with van der Waals surface area (Å²) in [4.78, 5) is 19.7. The van der Waals surface area contributed by atoms with Crippen molar-refractivity contribution in [1.29, 1.82) is 0 Å². The van der Waals surface area contributed by atoms with Gasteiger partial charge in [-0.15, -0.1) is 11.3 Å². The van der Waals surface area contributed by atoms with E-state index in [4.69, 9.17) is 5.11 Å². The quantitative estimate of drug-likeness (QED) is 0.767. The Bertz CT molecular complexity index is 657. The first-order valence-electron chi connectivity index (χ1n) is 7.93. The van der Waals surface area contributed by atoms with Crippen molar-refractivity contribution in [2.24, 2.45) is 0 Å². The highest BCUT2D eigenvalue weighted by Crippen LogP contribution is 2.22. The Morgan fingerprint density at radius 1 is 1.33 bits per heavy atom. The topological polar surface area (TPSA) is 68.7 Å². The molecule has 0 saturated heterocycles. The Labute approximate surface area is 146 Å². The lowest BCUT2D eigenvalue weighted by molar-refractivity contribution is -0.116. The Balaban J connectivity index is 1.94. The maximum atomic E-state index is 11.6. The molecule has 130 valence electrons. The molecule has 0 aliphatic rings. The van der Waals surface area contributed by atoms with Crippen molar-refractivity contribution in [1.82, 2.24) is 4.98 Å². The molecule has 0 spiro atoms. The average Bonchev–Trinajstić information content (AvgIpc) is 3.02. The molecule has 0 bridgehead atoms. The van der Waals surface area contributed by atoms with Gasteiger partial charge in [0.15, 0.2) is 5.13 Å². The van der Waals surface area contributed by atoms with Gasteiger partial charge in [0.1, 0.15) is 0 Å². The molecule has 1 aromatic heterocycles. The SMILES string of the molecule is CCN(C(C)=O)c1nc(CNc2ccc(N(C)CCO)cc2)cs1. The zero-order chi connectivity index (χ0) is 17.5. The molecule has 2 aromatic rings. The van der Waals surface area contributed by atoms with E-state index in [1.165, 1.54) is 11.3 Å². The second-order valence-electron chi connectivity index (χ2n) is 5.43. The molecule has 1 heterocycles. The minimum atomic E-state index is 0.00828. The predicted molar refractivity (Wildman–Crippen MR) is 99.9 cm³/mol. The van der Waals surface area contributed by atoms with Crippen LogP contribution in [0, 0.1) is 0 Å².